The van der Waals surface area contributed by atoms with E-state index in [2.05, 4.69) is 27.4 Å². The third-order valence-electron chi connectivity index (χ3n) is 3.66. The molecule has 7 heteroatoms. The van der Waals surface area contributed by atoms with E-state index >= 15 is 0 Å². The predicted molar refractivity (Wildman–Crippen MR) is 97.8 cm³/mol. The number of likely N-dealkylation sites (N-methyl/N-ethyl adjacent to an activating group) is 1. The van der Waals surface area contributed by atoms with Gasteiger partial charge in [-0.3, -0.25) is 4.98 Å². The summed E-state index contributed by atoms with van der Waals surface area (Å²) in [5, 5.41) is 7.17. The van der Waals surface area contributed by atoms with Crippen LogP contribution < -0.4 is 10.1 Å². The maximum Gasteiger partial charge on any atom is 0.257 e. The molecule has 0 spiro atoms. The van der Waals surface area contributed by atoms with Gasteiger partial charge in [-0.25, -0.2) is 0 Å². The molecule has 0 saturated carbocycles. The lowest BCUT2D eigenvalue weighted by Crippen LogP contribution is -2.24. The standard InChI is InChI=1S/C18H20N4O2.ClH/c1-13(19-2)11-17-21-18(24-22-17)14-6-8-16(9-7-14)23-12-15-5-3-4-10-20-15;/h3-10,13,19H,11-12H2,1-2H3;1H. The van der Waals surface area contributed by atoms with Gasteiger partial charge in [0, 0.05) is 24.2 Å². The minimum Gasteiger partial charge on any atom is -0.487 e. The monoisotopic (exact) mass is 360 g/mol. The van der Waals surface area contributed by atoms with Gasteiger partial charge in [-0.05, 0) is 50.4 Å². The number of pyridine rings is 1. The van der Waals surface area contributed by atoms with Gasteiger partial charge in [0.05, 0.1) is 5.69 Å². The zero-order valence-corrected chi connectivity index (χ0v) is 15.0. The number of rotatable bonds is 7. The van der Waals surface area contributed by atoms with E-state index < -0.39 is 0 Å². The fourth-order valence-electron chi connectivity index (χ4n) is 2.16. The van der Waals surface area contributed by atoms with Gasteiger partial charge in [0.15, 0.2) is 5.82 Å². The zero-order valence-electron chi connectivity index (χ0n) is 14.2. The number of hydrogen-bond acceptors (Lipinski definition) is 6. The van der Waals surface area contributed by atoms with E-state index in [-0.39, 0.29) is 12.4 Å². The van der Waals surface area contributed by atoms with Crippen LogP contribution in [0.5, 0.6) is 5.75 Å². The summed E-state index contributed by atoms with van der Waals surface area (Å²) in [6.45, 7) is 2.51. The van der Waals surface area contributed by atoms with Crippen LogP contribution in [-0.4, -0.2) is 28.2 Å². The van der Waals surface area contributed by atoms with Crippen LogP contribution in [0.15, 0.2) is 53.2 Å². The molecule has 2 heterocycles. The lowest BCUT2D eigenvalue weighted by molar-refractivity contribution is 0.301. The largest absolute Gasteiger partial charge is 0.487 e. The van der Waals surface area contributed by atoms with Crippen LogP contribution in [0.3, 0.4) is 0 Å². The number of halogens is 1. The number of aromatic nitrogens is 3. The normalized spacial score (nSPS) is 11.6. The molecule has 0 aliphatic carbocycles. The van der Waals surface area contributed by atoms with Crippen molar-refractivity contribution in [3.05, 3.63) is 60.2 Å². The number of ether oxygens (including phenoxy) is 1. The van der Waals surface area contributed by atoms with Crippen molar-refractivity contribution >= 4 is 12.4 Å². The van der Waals surface area contributed by atoms with Crippen molar-refractivity contribution in [3.8, 4) is 17.2 Å². The Kier molecular flexibility index (Phi) is 6.91. The first-order valence-electron chi connectivity index (χ1n) is 7.87. The van der Waals surface area contributed by atoms with Crippen LogP contribution in [0, 0.1) is 0 Å². The summed E-state index contributed by atoms with van der Waals surface area (Å²) in [6, 6.07) is 13.7. The van der Waals surface area contributed by atoms with Crippen LogP contribution in [0.1, 0.15) is 18.4 Å². The molecule has 0 saturated heterocycles. The quantitative estimate of drug-likeness (QED) is 0.697. The maximum absolute atomic E-state index is 5.72. The molecule has 3 rings (SSSR count). The van der Waals surface area contributed by atoms with E-state index in [9.17, 15) is 0 Å². The molecule has 6 nitrogen and oxygen atoms in total. The second kappa shape index (κ2) is 9.15. The second-order valence-corrected chi connectivity index (χ2v) is 5.54. The van der Waals surface area contributed by atoms with Crippen molar-refractivity contribution in [2.24, 2.45) is 0 Å². The molecular weight excluding hydrogens is 340 g/mol. The topological polar surface area (TPSA) is 73.1 Å². The maximum atomic E-state index is 5.72. The van der Waals surface area contributed by atoms with E-state index in [1.54, 1.807) is 6.20 Å². The van der Waals surface area contributed by atoms with E-state index in [4.69, 9.17) is 9.26 Å². The highest BCUT2D eigenvalue weighted by Crippen LogP contribution is 2.21. The van der Waals surface area contributed by atoms with E-state index in [1.807, 2.05) is 49.5 Å². The molecule has 1 N–H and O–H groups in total. The molecule has 0 amide bonds. The van der Waals surface area contributed by atoms with Crippen LogP contribution >= 0.6 is 12.4 Å². The summed E-state index contributed by atoms with van der Waals surface area (Å²) >= 11 is 0. The fraction of sp³-hybridized carbons (Fsp3) is 0.278. The molecule has 25 heavy (non-hydrogen) atoms. The third kappa shape index (κ3) is 5.27. The molecule has 1 unspecified atom stereocenters. The molecule has 1 aromatic carbocycles. The van der Waals surface area contributed by atoms with Gasteiger partial charge in [-0.15, -0.1) is 12.4 Å². The molecular formula is C18H21ClN4O2. The van der Waals surface area contributed by atoms with Gasteiger partial charge in [0.1, 0.15) is 12.4 Å². The highest BCUT2D eigenvalue weighted by atomic mass is 35.5. The Morgan fingerprint density at radius 3 is 2.64 bits per heavy atom. The Morgan fingerprint density at radius 1 is 1.16 bits per heavy atom. The Balaban J connectivity index is 0.00000225. The molecule has 0 fully saturated rings. The van der Waals surface area contributed by atoms with Gasteiger partial charge in [0.2, 0.25) is 0 Å². The van der Waals surface area contributed by atoms with Gasteiger partial charge < -0.3 is 14.6 Å². The zero-order chi connectivity index (χ0) is 16.8. The van der Waals surface area contributed by atoms with E-state index in [1.165, 1.54) is 0 Å². The highest BCUT2D eigenvalue weighted by molar-refractivity contribution is 5.85. The summed E-state index contributed by atoms with van der Waals surface area (Å²) in [6.07, 6.45) is 2.48. The molecule has 1 atom stereocenters. The lowest BCUT2D eigenvalue weighted by atomic mass is 10.2. The molecule has 0 bridgehead atoms. The van der Waals surface area contributed by atoms with Crippen molar-refractivity contribution in [3.63, 3.8) is 0 Å². The first kappa shape index (κ1) is 18.9. The Hall–Kier alpha value is -2.44. The highest BCUT2D eigenvalue weighted by Gasteiger charge is 2.11. The Morgan fingerprint density at radius 2 is 1.96 bits per heavy atom. The third-order valence-corrected chi connectivity index (χ3v) is 3.66. The number of benzene rings is 1. The van der Waals surface area contributed by atoms with Gasteiger partial charge >= 0.3 is 0 Å². The molecule has 0 aliphatic heterocycles. The summed E-state index contributed by atoms with van der Waals surface area (Å²) in [7, 11) is 1.91. The Labute approximate surface area is 153 Å². The van der Waals surface area contributed by atoms with Crippen LogP contribution in [0.4, 0.5) is 0 Å². The first-order valence-corrected chi connectivity index (χ1v) is 7.87. The predicted octanol–water partition coefficient (Wildman–Crippen LogP) is 3.28. The molecule has 132 valence electrons. The van der Waals surface area contributed by atoms with Gasteiger partial charge in [-0.2, -0.15) is 4.98 Å². The van der Waals surface area contributed by atoms with E-state index in [0.717, 1.165) is 23.4 Å². The van der Waals surface area contributed by atoms with Gasteiger partial charge in [-0.1, -0.05) is 11.2 Å². The van der Waals surface area contributed by atoms with Gasteiger partial charge in [0.25, 0.3) is 5.89 Å². The SMILES string of the molecule is CNC(C)Cc1noc(-c2ccc(OCc3ccccn3)cc2)n1.Cl. The molecule has 2 aromatic heterocycles. The van der Waals surface area contributed by atoms with Crippen molar-refractivity contribution in [1.29, 1.82) is 0 Å². The lowest BCUT2D eigenvalue weighted by Gasteiger charge is -2.05. The Bertz CT molecular complexity index is 762. The smallest absolute Gasteiger partial charge is 0.257 e. The van der Waals surface area contributed by atoms with Crippen molar-refractivity contribution in [1.82, 2.24) is 20.4 Å². The summed E-state index contributed by atoms with van der Waals surface area (Å²) < 4.78 is 11.0. The van der Waals surface area contributed by atoms with Crippen molar-refractivity contribution < 1.29 is 9.26 Å². The molecule has 0 aliphatic rings. The average Bonchev–Trinajstić information content (AvgIpc) is 3.09. The number of nitrogens with one attached hydrogen (secondary N) is 1. The first-order chi connectivity index (χ1) is 11.7. The van der Waals surface area contributed by atoms with Crippen molar-refractivity contribution in [2.75, 3.05) is 7.05 Å². The van der Waals surface area contributed by atoms with Crippen LogP contribution in [0.25, 0.3) is 11.5 Å². The second-order valence-electron chi connectivity index (χ2n) is 5.54. The minimum absolute atomic E-state index is 0. The van der Waals surface area contributed by atoms with E-state index in [0.29, 0.717) is 24.4 Å². The fourth-order valence-corrected chi connectivity index (χ4v) is 2.16. The minimum atomic E-state index is 0. The number of hydrogen-bond donors (Lipinski definition) is 1. The molecule has 3 aromatic rings. The summed E-state index contributed by atoms with van der Waals surface area (Å²) in [5.41, 5.74) is 1.76. The average molecular weight is 361 g/mol. The number of nitrogens with zero attached hydrogens (tertiary/aromatic N) is 3. The van der Waals surface area contributed by atoms with Crippen molar-refractivity contribution in [2.45, 2.75) is 26.0 Å². The molecule has 0 radical (unpaired) electrons. The summed E-state index contributed by atoms with van der Waals surface area (Å²) in [5.74, 6) is 1.99. The summed E-state index contributed by atoms with van der Waals surface area (Å²) in [4.78, 5) is 8.65. The van der Waals surface area contributed by atoms with Crippen LogP contribution in [0.2, 0.25) is 0 Å². The van der Waals surface area contributed by atoms with Crippen LogP contribution in [-0.2, 0) is 13.0 Å².